The Morgan fingerprint density at radius 3 is 2.61 bits per heavy atom. The molecule has 2 rings (SSSR count). The zero-order valence-corrected chi connectivity index (χ0v) is 10.3. The normalized spacial score (nSPS) is 23.2. The van der Waals surface area contributed by atoms with Crippen LogP contribution >= 0.6 is 0 Å². The van der Waals surface area contributed by atoms with Gasteiger partial charge in [-0.3, -0.25) is 4.79 Å². The predicted octanol–water partition coefficient (Wildman–Crippen LogP) is 1.35. The first-order valence-electron chi connectivity index (χ1n) is 6.36. The third-order valence-electron chi connectivity index (χ3n) is 3.49. The lowest BCUT2D eigenvalue weighted by Gasteiger charge is -2.11. The zero-order valence-electron chi connectivity index (χ0n) is 10.3. The Balaban J connectivity index is 1.96. The predicted molar refractivity (Wildman–Crippen MR) is 68.3 cm³/mol. The van der Waals surface area contributed by atoms with Crippen molar-refractivity contribution in [3.8, 4) is 0 Å². The van der Waals surface area contributed by atoms with Gasteiger partial charge in [-0.05, 0) is 30.4 Å². The van der Waals surface area contributed by atoms with E-state index in [0.29, 0.717) is 13.0 Å². The zero-order chi connectivity index (χ0) is 13.0. The second-order valence-corrected chi connectivity index (χ2v) is 4.80. The number of aliphatic carboxylic acids is 1. The van der Waals surface area contributed by atoms with Crippen LogP contribution in [0.4, 0.5) is 0 Å². The molecule has 0 saturated carbocycles. The number of carboxylic acids is 1. The number of rotatable bonds is 5. The molecule has 2 atom stereocenters. The molecule has 0 aliphatic carbocycles. The Morgan fingerprint density at radius 1 is 1.33 bits per heavy atom. The highest BCUT2D eigenvalue weighted by Crippen LogP contribution is 2.27. The molecule has 3 N–H and O–H groups in total. The summed E-state index contributed by atoms with van der Waals surface area (Å²) in [6.45, 7) is 0.762. The SMILES string of the molecule is O=C(O)C1CNC(c2ccc(CCCO)cc2)C1. The lowest BCUT2D eigenvalue weighted by molar-refractivity contribution is -0.141. The Bertz CT molecular complexity index is 402. The molecule has 1 saturated heterocycles. The smallest absolute Gasteiger partial charge is 0.307 e. The van der Waals surface area contributed by atoms with E-state index in [1.165, 1.54) is 5.56 Å². The van der Waals surface area contributed by atoms with Gasteiger partial charge in [0.1, 0.15) is 0 Å². The van der Waals surface area contributed by atoms with Gasteiger partial charge < -0.3 is 15.5 Å². The van der Waals surface area contributed by atoms with E-state index in [1.807, 2.05) is 0 Å². The lowest BCUT2D eigenvalue weighted by atomic mass is 9.98. The van der Waals surface area contributed by atoms with E-state index in [-0.39, 0.29) is 18.6 Å². The summed E-state index contributed by atoms with van der Waals surface area (Å²) in [6, 6.07) is 8.36. The number of aliphatic hydroxyl groups excluding tert-OH is 1. The molecule has 2 unspecified atom stereocenters. The van der Waals surface area contributed by atoms with E-state index >= 15 is 0 Å². The molecule has 0 amide bonds. The second-order valence-electron chi connectivity index (χ2n) is 4.80. The van der Waals surface area contributed by atoms with Gasteiger partial charge in [0, 0.05) is 19.2 Å². The average Bonchev–Trinajstić information content (AvgIpc) is 2.87. The molecule has 0 bridgehead atoms. The number of carboxylic acid groups (broad SMARTS) is 1. The van der Waals surface area contributed by atoms with Crippen LogP contribution in [0.1, 0.15) is 30.0 Å². The number of aliphatic hydroxyl groups is 1. The van der Waals surface area contributed by atoms with E-state index in [1.54, 1.807) is 0 Å². The monoisotopic (exact) mass is 249 g/mol. The van der Waals surface area contributed by atoms with Crippen LogP contribution in [0.2, 0.25) is 0 Å². The van der Waals surface area contributed by atoms with E-state index in [9.17, 15) is 4.79 Å². The van der Waals surface area contributed by atoms with Crippen molar-refractivity contribution in [1.29, 1.82) is 0 Å². The number of benzene rings is 1. The highest BCUT2D eigenvalue weighted by atomic mass is 16.4. The van der Waals surface area contributed by atoms with Crippen molar-refractivity contribution >= 4 is 5.97 Å². The molecular weight excluding hydrogens is 230 g/mol. The van der Waals surface area contributed by atoms with Crippen LogP contribution in [0.15, 0.2) is 24.3 Å². The van der Waals surface area contributed by atoms with Gasteiger partial charge in [-0.15, -0.1) is 0 Å². The van der Waals surface area contributed by atoms with Crippen LogP contribution in [0.25, 0.3) is 0 Å². The first kappa shape index (κ1) is 13.1. The van der Waals surface area contributed by atoms with Crippen molar-refractivity contribution in [3.63, 3.8) is 0 Å². The highest BCUT2D eigenvalue weighted by Gasteiger charge is 2.29. The van der Waals surface area contributed by atoms with Crippen LogP contribution in [-0.2, 0) is 11.2 Å². The van der Waals surface area contributed by atoms with Crippen LogP contribution in [0, 0.1) is 5.92 Å². The molecule has 18 heavy (non-hydrogen) atoms. The molecular formula is C14H19NO3. The maximum Gasteiger partial charge on any atom is 0.307 e. The van der Waals surface area contributed by atoms with Gasteiger partial charge in [-0.1, -0.05) is 24.3 Å². The summed E-state index contributed by atoms with van der Waals surface area (Å²) in [5, 5.41) is 21.0. The van der Waals surface area contributed by atoms with Crippen LogP contribution in [-0.4, -0.2) is 29.3 Å². The van der Waals surface area contributed by atoms with Crippen LogP contribution in [0.5, 0.6) is 0 Å². The minimum absolute atomic E-state index is 0.151. The van der Waals surface area contributed by atoms with Crippen molar-refractivity contribution < 1.29 is 15.0 Å². The van der Waals surface area contributed by atoms with E-state index in [2.05, 4.69) is 29.6 Å². The lowest BCUT2D eigenvalue weighted by Crippen LogP contribution is -2.17. The van der Waals surface area contributed by atoms with Crippen LogP contribution < -0.4 is 5.32 Å². The third kappa shape index (κ3) is 3.09. The molecule has 0 radical (unpaired) electrons. The summed E-state index contributed by atoms with van der Waals surface area (Å²) in [4.78, 5) is 10.9. The molecule has 4 nitrogen and oxygen atoms in total. The van der Waals surface area contributed by atoms with Gasteiger partial charge in [0.15, 0.2) is 0 Å². The third-order valence-corrected chi connectivity index (χ3v) is 3.49. The van der Waals surface area contributed by atoms with Gasteiger partial charge in [-0.2, -0.15) is 0 Å². The van der Waals surface area contributed by atoms with Crippen molar-refractivity contribution in [2.24, 2.45) is 5.92 Å². The van der Waals surface area contributed by atoms with Crippen molar-refractivity contribution in [2.75, 3.05) is 13.2 Å². The molecule has 4 heteroatoms. The minimum Gasteiger partial charge on any atom is -0.481 e. The molecule has 1 aromatic carbocycles. The van der Waals surface area contributed by atoms with E-state index in [0.717, 1.165) is 18.4 Å². The summed E-state index contributed by atoms with van der Waals surface area (Å²) >= 11 is 0. The molecule has 1 aliphatic heterocycles. The molecule has 1 heterocycles. The van der Waals surface area contributed by atoms with Crippen molar-refractivity contribution in [2.45, 2.75) is 25.3 Å². The molecule has 1 aliphatic rings. The minimum atomic E-state index is -0.718. The maximum atomic E-state index is 10.9. The topological polar surface area (TPSA) is 69.6 Å². The highest BCUT2D eigenvalue weighted by molar-refractivity contribution is 5.70. The number of nitrogens with one attached hydrogen (secondary N) is 1. The number of carbonyl (C=O) groups is 1. The molecule has 0 spiro atoms. The summed E-state index contributed by atoms with van der Waals surface area (Å²) in [7, 11) is 0. The number of hydrogen-bond acceptors (Lipinski definition) is 3. The molecule has 98 valence electrons. The quantitative estimate of drug-likeness (QED) is 0.736. The van der Waals surface area contributed by atoms with E-state index < -0.39 is 5.97 Å². The Kier molecular flexibility index (Phi) is 4.33. The largest absolute Gasteiger partial charge is 0.481 e. The van der Waals surface area contributed by atoms with Gasteiger partial charge in [0.25, 0.3) is 0 Å². The molecule has 1 fully saturated rings. The Labute approximate surface area is 107 Å². The Hall–Kier alpha value is -1.39. The van der Waals surface area contributed by atoms with Gasteiger partial charge in [-0.25, -0.2) is 0 Å². The summed E-state index contributed by atoms with van der Waals surface area (Å²) in [6.07, 6.45) is 2.32. The second kappa shape index (κ2) is 5.98. The van der Waals surface area contributed by atoms with Crippen molar-refractivity contribution in [1.82, 2.24) is 5.32 Å². The van der Waals surface area contributed by atoms with Gasteiger partial charge >= 0.3 is 5.97 Å². The van der Waals surface area contributed by atoms with Crippen LogP contribution in [0.3, 0.4) is 0 Å². The Morgan fingerprint density at radius 2 is 2.06 bits per heavy atom. The fraction of sp³-hybridized carbons (Fsp3) is 0.500. The first-order valence-corrected chi connectivity index (χ1v) is 6.36. The average molecular weight is 249 g/mol. The van der Waals surface area contributed by atoms with Gasteiger partial charge in [0.05, 0.1) is 5.92 Å². The fourth-order valence-electron chi connectivity index (χ4n) is 2.38. The molecule has 1 aromatic rings. The van der Waals surface area contributed by atoms with E-state index in [4.69, 9.17) is 10.2 Å². The number of aryl methyl sites for hydroxylation is 1. The number of hydrogen-bond donors (Lipinski definition) is 3. The summed E-state index contributed by atoms with van der Waals surface area (Å²) in [5.74, 6) is -0.992. The summed E-state index contributed by atoms with van der Waals surface area (Å²) < 4.78 is 0. The fourth-order valence-corrected chi connectivity index (χ4v) is 2.38. The first-order chi connectivity index (χ1) is 8.70. The maximum absolute atomic E-state index is 10.9. The van der Waals surface area contributed by atoms with Crippen molar-refractivity contribution in [3.05, 3.63) is 35.4 Å². The summed E-state index contributed by atoms with van der Waals surface area (Å²) in [5.41, 5.74) is 2.35. The van der Waals surface area contributed by atoms with Gasteiger partial charge in [0.2, 0.25) is 0 Å². The molecule has 0 aromatic heterocycles. The standard InChI is InChI=1S/C14H19NO3/c16-7-1-2-10-3-5-11(6-4-10)13-8-12(9-15-13)14(17)18/h3-6,12-13,15-16H,1-2,7-9H2,(H,17,18).